The van der Waals surface area contributed by atoms with Crippen molar-refractivity contribution in [1.82, 2.24) is 15.2 Å². The molecule has 2 heterocycles. The van der Waals surface area contributed by atoms with Crippen molar-refractivity contribution in [3.63, 3.8) is 0 Å². The Morgan fingerprint density at radius 1 is 1.10 bits per heavy atom. The molecule has 1 aromatic heterocycles. The maximum absolute atomic E-state index is 12.5. The number of carbonyl (C=O) groups excluding carboxylic acids is 3. The standard InChI is InChI=1S/C20H14N4O4S/c25-17(21-14-9-5-10-15-18(14)23-28-22-15)12-24-19(26)16(29-20(24)27)11-4-8-13-6-2-1-3-7-13/h1-11H,12H2,(H,21,25). The average Bonchev–Trinajstić information content (AvgIpc) is 3.30. The third kappa shape index (κ3) is 4.09. The maximum Gasteiger partial charge on any atom is 0.294 e. The SMILES string of the molecule is O=C(CN1C(=O)SC(=CC=Cc2ccccc2)C1=O)Nc1cccc2nonc12. The first-order valence-corrected chi connectivity index (χ1v) is 9.42. The predicted octanol–water partition coefficient (Wildman–Crippen LogP) is 3.45. The van der Waals surface area contributed by atoms with Gasteiger partial charge < -0.3 is 5.32 Å². The topological polar surface area (TPSA) is 105 Å². The highest BCUT2D eigenvalue weighted by atomic mass is 32.2. The van der Waals surface area contributed by atoms with Gasteiger partial charge in [-0.05, 0) is 45.8 Å². The number of imide groups is 1. The number of hydrogen-bond acceptors (Lipinski definition) is 7. The van der Waals surface area contributed by atoms with Gasteiger partial charge in [0, 0.05) is 0 Å². The first-order chi connectivity index (χ1) is 14.1. The molecule has 1 saturated heterocycles. The molecular formula is C20H14N4O4S. The fourth-order valence-electron chi connectivity index (χ4n) is 2.70. The Morgan fingerprint density at radius 3 is 2.76 bits per heavy atom. The number of aromatic nitrogens is 2. The van der Waals surface area contributed by atoms with E-state index in [-0.39, 0.29) is 4.91 Å². The van der Waals surface area contributed by atoms with Crippen molar-refractivity contribution in [1.29, 1.82) is 0 Å². The molecule has 4 rings (SSSR count). The van der Waals surface area contributed by atoms with Gasteiger partial charge in [0.15, 0.2) is 5.52 Å². The third-order valence-electron chi connectivity index (χ3n) is 4.07. The van der Waals surface area contributed by atoms with Crippen LogP contribution in [0.1, 0.15) is 5.56 Å². The predicted molar refractivity (Wildman–Crippen MR) is 109 cm³/mol. The number of hydrogen-bond donors (Lipinski definition) is 1. The van der Waals surface area contributed by atoms with E-state index in [0.717, 1.165) is 22.2 Å². The molecular weight excluding hydrogens is 392 g/mol. The minimum atomic E-state index is -0.524. The molecule has 0 bridgehead atoms. The van der Waals surface area contributed by atoms with E-state index in [0.29, 0.717) is 16.7 Å². The first-order valence-electron chi connectivity index (χ1n) is 8.60. The molecule has 0 spiro atoms. The Hall–Kier alpha value is -3.72. The van der Waals surface area contributed by atoms with Crippen molar-refractivity contribution in [2.75, 3.05) is 11.9 Å². The summed E-state index contributed by atoms with van der Waals surface area (Å²) >= 11 is 0.799. The van der Waals surface area contributed by atoms with Crippen molar-refractivity contribution < 1.29 is 19.0 Å². The summed E-state index contributed by atoms with van der Waals surface area (Å²) in [5, 5.41) is 9.57. The Balaban J connectivity index is 1.42. The van der Waals surface area contributed by atoms with Crippen LogP contribution in [-0.4, -0.2) is 38.8 Å². The van der Waals surface area contributed by atoms with Gasteiger partial charge in [0.05, 0.1) is 10.6 Å². The number of anilines is 1. The zero-order chi connectivity index (χ0) is 20.2. The number of fused-ring (bicyclic) bond motifs is 1. The van der Waals surface area contributed by atoms with Crippen LogP contribution in [0.2, 0.25) is 0 Å². The Bertz CT molecular complexity index is 1150. The first kappa shape index (κ1) is 18.6. The van der Waals surface area contributed by atoms with Gasteiger partial charge in [0.25, 0.3) is 11.1 Å². The summed E-state index contributed by atoms with van der Waals surface area (Å²) in [6, 6.07) is 14.6. The fraction of sp³-hybridized carbons (Fsp3) is 0.0500. The molecule has 9 heteroatoms. The zero-order valence-electron chi connectivity index (χ0n) is 14.9. The number of carbonyl (C=O) groups is 3. The highest BCUT2D eigenvalue weighted by molar-refractivity contribution is 8.18. The summed E-state index contributed by atoms with van der Waals surface area (Å²) in [6.45, 7) is -0.397. The molecule has 1 N–H and O–H groups in total. The molecule has 1 aliphatic rings. The van der Waals surface area contributed by atoms with Gasteiger partial charge in [-0.2, -0.15) is 0 Å². The lowest BCUT2D eigenvalue weighted by atomic mass is 10.2. The number of allylic oxidation sites excluding steroid dienone is 2. The lowest BCUT2D eigenvalue weighted by Gasteiger charge is -2.12. The second kappa shape index (κ2) is 8.11. The summed E-state index contributed by atoms with van der Waals surface area (Å²) < 4.78 is 4.65. The van der Waals surface area contributed by atoms with Crippen LogP contribution in [0.15, 0.2) is 70.2 Å². The monoisotopic (exact) mass is 406 g/mol. The Kier molecular flexibility index (Phi) is 5.21. The molecule has 2 aromatic carbocycles. The fourth-order valence-corrected chi connectivity index (χ4v) is 3.49. The molecule has 0 saturated carbocycles. The Morgan fingerprint density at radius 2 is 1.93 bits per heavy atom. The second-order valence-corrected chi connectivity index (χ2v) is 7.04. The van der Waals surface area contributed by atoms with E-state index in [4.69, 9.17) is 0 Å². The van der Waals surface area contributed by atoms with Gasteiger partial charge >= 0.3 is 0 Å². The largest absolute Gasteiger partial charge is 0.322 e. The summed E-state index contributed by atoms with van der Waals surface area (Å²) in [7, 11) is 0. The number of amides is 3. The van der Waals surface area contributed by atoms with Gasteiger partial charge in [-0.15, -0.1) is 0 Å². The summed E-state index contributed by atoms with van der Waals surface area (Å²) in [4.78, 5) is 38.2. The minimum absolute atomic E-state index is 0.262. The van der Waals surface area contributed by atoms with Crippen molar-refractivity contribution in [3.05, 3.63) is 71.2 Å². The van der Waals surface area contributed by atoms with Crippen LogP contribution in [0.5, 0.6) is 0 Å². The van der Waals surface area contributed by atoms with Crippen LogP contribution in [0.25, 0.3) is 17.1 Å². The van der Waals surface area contributed by atoms with Gasteiger partial charge in [-0.1, -0.05) is 48.6 Å². The molecule has 3 amide bonds. The molecule has 0 atom stereocenters. The van der Waals surface area contributed by atoms with Crippen LogP contribution >= 0.6 is 11.8 Å². The van der Waals surface area contributed by atoms with E-state index in [1.54, 1.807) is 30.4 Å². The van der Waals surface area contributed by atoms with E-state index in [1.807, 2.05) is 36.4 Å². The van der Waals surface area contributed by atoms with Crippen molar-refractivity contribution in [2.24, 2.45) is 0 Å². The number of benzene rings is 2. The molecule has 8 nitrogen and oxygen atoms in total. The lowest BCUT2D eigenvalue weighted by molar-refractivity contribution is -0.127. The van der Waals surface area contributed by atoms with Crippen LogP contribution in [0.4, 0.5) is 10.5 Å². The molecule has 0 radical (unpaired) electrons. The smallest absolute Gasteiger partial charge is 0.294 e. The molecule has 29 heavy (non-hydrogen) atoms. The summed E-state index contributed by atoms with van der Waals surface area (Å²) in [5.74, 6) is -1.03. The van der Waals surface area contributed by atoms with E-state index >= 15 is 0 Å². The van der Waals surface area contributed by atoms with Gasteiger partial charge in [-0.25, -0.2) is 4.63 Å². The van der Waals surface area contributed by atoms with Crippen LogP contribution in [0, 0.1) is 0 Å². The van der Waals surface area contributed by atoms with Gasteiger partial charge in [0.2, 0.25) is 5.91 Å². The van der Waals surface area contributed by atoms with Gasteiger partial charge in [0.1, 0.15) is 12.1 Å². The van der Waals surface area contributed by atoms with E-state index < -0.39 is 23.6 Å². The quantitative estimate of drug-likeness (QED) is 0.647. The van der Waals surface area contributed by atoms with Crippen LogP contribution in [0.3, 0.4) is 0 Å². The summed E-state index contributed by atoms with van der Waals surface area (Å²) in [6.07, 6.45) is 5.09. The van der Waals surface area contributed by atoms with Crippen molar-refractivity contribution in [3.8, 4) is 0 Å². The van der Waals surface area contributed by atoms with E-state index in [1.165, 1.54) is 0 Å². The number of nitrogens with one attached hydrogen (secondary N) is 1. The zero-order valence-corrected chi connectivity index (χ0v) is 15.8. The maximum atomic E-state index is 12.5. The van der Waals surface area contributed by atoms with Crippen LogP contribution < -0.4 is 5.32 Å². The van der Waals surface area contributed by atoms with Crippen molar-refractivity contribution in [2.45, 2.75) is 0 Å². The van der Waals surface area contributed by atoms with E-state index in [2.05, 4.69) is 20.3 Å². The molecule has 0 aliphatic carbocycles. The number of nitrogens with zero attached hydrogens (tertiary/aromatic N) is 3. The minimum Gasteiger partial charge on any atom is -0.322 e. The molecule has 3 aromatic rings. The second-order valence-electron chi connectivity index (χ2n) is 6.05. The summed E-state index contributed by atoms with van der Waals surface area (Å²) in [5.41, 5.74) is 2.24. The highest BCUT2D eigenvalue weighted by Crippen LogP contribution is 2.30. The third-order valence-corrected chi connectivity index (χ3v) is 5.00. The number of rotatable bonds is 5. The Labute approximate surface area is 169 Å². The van der Waals surface area contributed by atoms with Crippen LogP contribution in [-0.2, 0) is 9.59 Å². The molecule has 144 valence electrons. The normalized spacial score (nSPS) is 15.7. The average molecular weight is 406 g/mol. The molecule has 0 unspecified atom stereocenters. The highest BCUT2D eigenvalue weighted by Gasteiger charge is 2.36. The number of thioether (sulfide) groups is 1. The van der Waals surface area contributed by atoms with Crippen molar-refractivity contribution >= 4 is 51.6 Å². The molecule has 1 aliphatic heterocycles. The lowest BCUT2D eigenvalue weighted by Crippen LogP contribution is -2.36. The van der Waals surface area contributed by atoms with E-state index in [9.17, 15) is 14.4 Å². The molecule has 1 fully saturated rings. The van der Waals surface area contributed by atoms with Gasteiger partial charge in [-0.3, -0.25) is 19.3 Å².